The van der Waals surface area contributed by atoms with Gasteiger partial charge in [-0.3, -0.25) is 0 Å². The number of aliphatic carboxylic acids is 1. The summed E-state index contributed by atoms with van der Waals surface area (Å²) in [6, 6.07) is -0.980. The number of carbonyl (C=O) groups excluding carboxylic acids is 1. The van der Waals surface area contributed by atoms with Gasteiger partial charge in [0, 0.05) is 0 Å². The lowest BCUT2D eigenvalue weighted by Gasteiger charge is -2.28. The molecule has 1 atom stereocenters. The predicted octanol–water partition coefficient (Wildman–Crippen LogP) is 3.20. The van der Waals surface area contributed by atoms with Gasteiger partial charge in [-0.2, -0.15) is 0 Å². The van der Waals surface area contributed by atoms with E-state index in [1.807, 2.05) is 19.9 Å². The fourth-order valence-electron chi connectivity index (χ4n) is 1.63. The van der Waals surface area contributed by atoms with Gasteiger partial charge in [0.15, 0.2) is 0 Å². The van der Waals surface area contributed by atoms with Crippen molar-refractivity contribution in [3.05, 3.63) is 12.7 Å². The van der Waals surface area contributed by atoms with E-state index in [1.54, 1.807) is 20.8 Å². The van der Waals surface area contributed by atoms with Crippen LogP contribution < -0.4 is 5.32 Å². The average Bonchev–Trinajstić information content (AvgIpc) is 2.29. The zero-order chi connectivity index (χ0) is 16.0. The zero-order valence-electron chi connectivity index (χ0n) is 13.2. The highest BCUT2D eigenvalue weighted by Crippen LogP contribution is 2.23. The molecule has 20 heavy (non-hydrogen) atoms. The summed E-state index contributed by atoms with van der Waals surface area (Å²) in [5.41, 5.74) is -0.741. The van der Waals surface area contributed by atoms with Crippen LogP contribution in [-0.4, -0.2) is 29.8 Å². The van der Waals surface area contributed by atoms with Crippen molar-refractivity contribution in [2.75, 3.05) is 6.61 Å². The third-order valence-electron chi connectivity index (χ3n) is 2.99. The Kier molecular flexibility index (Phi) is 6.76. The molecule has 116 valence electrons. The molecule has 0 bridgehead atoms. The second kappa shape index (κ2) is 7.31. The molecule has 1 unspecified atom stereocenters. The number of hydrogen-bond acceptors (Lipinski definition) is 3. The summed E-state index contributed by atoms with van der Waals surface area (Å²) in [6.07, 6.45) is 2.82. The quantitative estimate of drug-likeness (QED) is 0.704. The number of nitrogens with one attached hydrogen (secondary N) is 1. The molecule has 0 saturated carbocycles. The number of carbonyl (C=O) groups is 2. The Bertz CT molecular complexity index is 355. The van der Waals surface area contributed by atoms with Crippen molar-refractivity contribution < 1.29 is 19.4 Å². The van der Waals surface area contributed by atoms with E-state index in [4.69, 9.17) is 9.84 Å². The van der Waals surface area contributed by atoms with Gasteiger partial charge < -0.3 is 15.2 Å². The van der Waals surface area contributed by atoms with Crippen molar-refractivity contribution in [2.45, 2.75) is 53.5 Å². The fraction of sp³-hybridized carbons (Fsp3) is 0.733. The van der Waals surface area contributed by atoms with Crippen LogP contribution >= 0.6 is 0 Å². The summed E-state index contributed by atoms with van der Waals surface area (Å²) in [5, 5.41) is 11.5. The van der Waals surface area contributed by atoms with E-state index in [-0.39, 0.29) is 12.0 Å². The molecule has 0 aromatic heterocycles. The maximum Gasteiger partial charge on any atom is 0.407 e. The van der Waals surface area contributed by atoms with Gasteiger partial charge in [-0.15, -0.1) is 6.58 Å². The summed E-state index contributed by atoms with van der Waals surface area (Å²) < 4.78 is 5.13. The minimum absolute atomic E-state index is 0.161. The Morgan fingerprint density at radius 1 is 1.30 bits per heavy atom. The van der Waals surface area contributed by atoms with Gasteiger partial charge in [-0.1, -0.05) is 40.7 Å². The molecule has 0 fully saturated rings. The molecule has 0 aromatic rings. The van der Waals surface area contributed by atoms with Crippen LogP contribution in [0.1, 0.15) is 47.5 Å². The topological polar surface area (TPSA) is 75.6 Å². The minimum atomic E-state index is -1.07. The molecule has 0 spiro atoms. The molecule has 0 heterocycles. The van der Waals surface area contributed by atoms with E-state index in [2.05, 4.69) is 11.9 Å². The van der Waals surface area contributed by atoms with Crippen LogP contribution in [0.4, 0.5) is 4.79 Å². The van der Waals surface area contributed by atoms with Gasteiger partial charge in [0.05, 0.1) is 6.61 Å². The second-order valence-electron chi connectivity index (χ2n) is 6.85. The first-order valence-electron chi connectivity index (χ1n) is 6.76. The van der Waals surface area contributed by atoms with Crippen molar-refractivity contribution in [2.24, 2.45) is 10.8 Å². The number of allylic oxidation sites excluding steroid dienone is 1. The average molecular weight is 285 g/mol. The number of amides is 1. The van der Waals surface area contributed by atoms with Gasteiger partial charge in [0.25, 0.3) is 0 Å². The van der Waals surface area contributed by atoms with Gasteiger partial charge in [0.1, 0.15) is 6.04 Å². The lowest BCUT2D eigenvalue weighted by atomic mass is 9.87. The lowest BCUT2D eigenvalue weighted by molar-refractivity contribution is -0.142. The molecular weight excluding hydrogens is 258 g/mol. The molecule has 1 amide bonds. The van der Waals surface area contributed by atoms with Crippen LogP contribution in [0.15, 0.2) is 12.7 Å². The van der Waals surface area contributed by atoms with E-state index in [0.29, 0.717) is 0 Å². The maximum absolute atomic E-state index is 11.7. The molecule has 0 radical (unpaired) electrons. The Balaban J connectivity index is 4.41. The molecule has 0 rings (SSSR count). The SMILES string of the molecule is C=CCCC(C)(C)COC(=O)NC(C(=O)O)C(C)(C)C. The molecule has 0 aliphatic heterocycles. The number of carboxylic acid groups (broad SMARTS) is 1. The number of alkyl carbamates (subject to hydrolysis) is 1. The van der Waals surface area contributed by atoms with Crippen molar-refractivity contribution in [1.82, 2.24) is 5.32 Å². The largest absolute Gasteiger partial charge is 0.480 e. The highest BCUT2D eigenvalue weighted by molar-refractivity contribution is 5.80. The first kappa shape index (κ1) is 18.5. The van der Waals surface area contributed by atoms with Crippen LogP contribution in [0, 0.1) is 10.8 Å². The van der Waals surface area contributed by atoms with Crippen LogP contribution in [-0.2, 0) is 9.53 Å². The molecule has 0 aromatic carbocycles. The standard InChI is InChI=1S/C15H27NO4/c1-7-8-9-15(5,6)10-20-13(19)16-11(12(17)18)14(2,3)4/h7,11H,1,8-10H2,2-6H3,(H,16,19)(H,17,18). The highest BCUT2D eigenvalue weighted by Gasteiger charge is 2.33. The van der Waals surface area contributed by atoms with Crippen molar-refractivity contribution >= 4 is 12.1 Å². The van der Waals surface area contributed by atoms with Crippen LogP contribution in [0.25, 0.3) is 0 Å². The van der Waals surface area contributed by atoms with Crippen LogP contribution in [0.5, 0.6) is 0 Å². The predicted molar refractivity (Wildman–Crippen MR) is 78.6 cm³/mol. The maximum atomic E-state index is 11.7. The van der Waals surface area contributed by atoms with Gasteiger partial charge in [-0.05, 0) is 23.7 Å². The Morgan fingerprint density at radius 2 is 1.85 bits per heavy atom. The van der Waals surface area contributed by atoms with Gasteiger partial charge in [0.2, 0.25) is 0 Å². The Labute approximate surface area is 121 Å². The first-order chi connectivity index (χ1) is 8.99. The Hall–Kier alpha value is -1.52. The van der Waals surface area contributed by atoms with E-state index < -0.39 is 23.5 Å². The number of rotatable bonds is 7. The second-order valence-corrected chi connectivity index (χ2v) is 6.85. The van der Waals surface area contributed by atoms with E-state index in [9.17, 15) is 9.59 Å². The number of hydrogen-bond donors (Lipinski definition) is 2. The van der Waals surface area contributed by atoms with E-state index in [1.165, 1.54) is 0 Å². The molecule has 2 N–H and O–H groups in total. The minimum Gasteiger partial charge on any atom is -0.480 e. The molecule has 0 aliphatic carbocycles. The third kappa shape index (κ3) is 7.16. The Morgan fingerprint density at radius 3 is 2.25 bits per heavy atom. The van der Waals surface area contributed by atoms with Gasteiger partial charge in [-0.25, -0.2) is 9.59 Å². The zero-order valence-corrected chi connectivity index (χ0v) is 13.2. The summed E-state index contributed by atoms with van der Waals surface area (Å²) in [7, 11) is 0. The van der Waals surface area contributed by atoms with E-state index >= 15 is 0 Å². The number of carboxylic acids is 1. The van der Waals surface area contributed by atoms with Crippen molar-refractivity contribution in [1.29, 1.82) is 0 Å². The fourth-order valence-corrected chi connectivity index (χ4v) is 1.63. The van der Waals surface area contributed by atoms with Crippen LogP contribution in [0.2, 0.25) is 0 Å². The molecule has 5 nitrogen and oxygen atoms in total. The smallest absolute Gasteiger partial charge is 0.407 e. The van der Waals surface area contributed by atoms with Crippen molar-refractivity contribution in [3.63, 3.8) is 0 Å². The van der Waals surface area contributed by atoms with Crippen LogP contribution in [0.3, 0.4) is 0 Å². The van der Waals surface area contributed by atoms with Crippen molar-refractivity contribution in [3.8, 4) is 0 Å². The molecule has 0 aliphatic rings. The lowest BCUT2D eigenvalue weighted by Crippen LogP contribution is -2.49. The molecule has 0 saturated heterocycles. The first-order valence-corrected chi connectivity index (χ1v) is 6.76. The summed E-state index contributed by atoms with van der Waals surface area (Å²) in [4.78, 5) is 22.9. The highest BCUT2D eigenvalue weighted by atomic mass is 16.5. The monoisotopic (exact) mass is 285 g/mol. The normalized spacial score (nSPS) is 13.4. The summed E-state index contributed by atoms with van der Waals surface area (Å²) in [6.45, 7) is 13.1. The summed E-state index contributed by atoms with van der Waals surface area (Å²) in [5.74, 6) is -1.07. The molecule has 5 heteroatoms. The van der Waals surface area contributed by atoms with E-state index in [0.717, 1.165) is 12.8 Å². The summed E-state index contributed by atoms with van der Waals surface area (Å²) >= 11 is 0. The molecular formula is C15H27NO4. The third-order valence-corrected chi connectivity index (χ3v) is 2.99. The number of ether oxygens (including phenoxy) is 1. The van der Waals surface area contributed by atoms with Gasteiger partial charge >= 0.3 is 12.1 Å².